The molecule has 0 amide bonds. The van der Waals surface area contributed by atoms with Gasteiger partial charge < -0.3 is 5.73 Å². The Morgan fingerprint density at radius 3 is 2.12 bits per heavy atom. The molecular weight excluding hydrogens is 194 g/mol. The maximum absolute atomic E-state index is 6.55. The zero-order chi connectivity index (χ0) is 12.0. The molecule has 0 aliphatic heterocycles. The molecule has 0 heterocycles. The number of nitrogens with two attached hydrogens (primary N) is 1. The van der Waals surface area contributed by atoms with Crippen molar-refractivity contribution in [2.75, 3.05) is 0 Å². The smallest absolute Gasteiger partial charge is 0.0159 e. The first-order valence-electron chi connectivity index (χ1n) is 7.34. The van der Waals surface area contributed by atoms with E-state index in [2.05, 4.69) is 20.8 Å². The van der Waals surface area contributed by atoms with Gasteiger partial charge in [0.05, 0.1) is 0 Å². The summed E-state index contributed by atoms with van der Waals surface area (Å²) in [6, 6.07) is 0. The van der Waals surface area contributed by atoms with Crippen molar-refractivity contribution in [1.82, 2.24) is 0 Å². The van der Waals surface area contributed by atoms with Gasteiger partial charge in [-0.2, -0.15) is 0 Å². The van der Waals surface area contributed by atoms with Gasteiger partial charge in [-0.25, -0.2) is 0 Å². The first-order valence-corrected chi connectivity index (χ1v) is 7.34. The minimum absolute atomic E-state index is 0.170. The molecule has 1 saturated carbocycles. The fraction of sp³-hybridized carbons (Fsp3) is 1.00. The Hall–Kier alpha value is -0.0400. The van der Waals surface area contributed by atoms with Gasteiger partial charge >= 0.3 is 0 Å². The summed E-state index contributed by atoms with van der Waals surface area (Å²) in [5.41, 5.74) is 6.72. The van der Waals surface area contributed by atoms with Crippen LogP contribution in [0, 0.1) is 11.8 Å². The van der Waals surface area contributed by atoms with Crippen molar-refractivity contribution in [2.24, 2.45) is 17.6 Å². The highest BCUT2D eigenvalue weighted by atomic mass is 14.7. The van der Waals surface area contributed by atoms with Crippen molar-refractivity contribution in [3.05, 3.63) is 0 Å². The van der Waals surface area contributed by atoms with E-state index in [1.807, 2.05) is 0 Å². The molecule has 2 N–H and O–H groups in total. The summed E-state index contributed by atoms with van der Waals surface area (Å²) < 4.78 is 0. The lowest BCUT2D eigenvalue weighted by Crippen LogP contribution is -2.46. The average Bonchev–Trinajstić information content (AvgIpc) is 2.15. The van der Waals surface area contributed by atoms with Crippen LogP contribution in [0.3, 0.4) is 0 Å². The molecule has 1 rings (SSSR count). The van der Waals surface area contributed by atoms with Gasteiger partial charge in [0.1, 0.15) is 0 Å². The average molecular weight is 225 g/mol. The predicted molar refractivity (Wildman–Crippen MR) is 72.5 cm³/mol. The molecule has 0 spiro atoms. The summed E-state index contributed by atoms with van der Waals surface area (Å²) in [7, 11) is 0. The van der Waals surface area contributed by atoms with E-state index in [0.29, 0.717) is 0 Å². The third-order valence-corrected chi connectivity index (χ3v) is 4.09. The molecule has 0 aromatic heterocycles. The molecule has 0 radical (unpaired) electrons. The molecule has 0 aromatic carbocycles. The highest BCUT2D eigenvalue weighted by molar-refractivity contribution is 4.91. The van der Waals surface area contributed by atoms with Crippen LogP contribution in [-0.4, -0.2) is 5.54 Å². The molecule has 96 valence electrons. The van der Waals surface area contributed by atoms with Gasteiger partial charge in [-0.15, -0.1) is 0 Å². The molecule has 2 unspecified atom stereocenters. The van der Waals surface area contributed by atoms with Gasteiger partial charge in [-0.05, 0) is 37.5 Å². The lowest BCUT2D eigenvalue weighted by molar-refractivity contribution is 0.170. The van der Waals surface area contributed by atoms with Gasteiger partial charge in [-0.1, -0.05) is 52.9 Å². The molecule has 1 aliphatic carbocycles. The zero-order valence-electron chi connectivity index (χ0n) is 11.6. The molecule has 0 aromatic rings. The summed E-state index contributed by atoms with van der Waals surface area (Å²) in [6.45, 7) is 7.01. The second kappa shape index (κ2) is 6.64. The lowest BCUT2D eigenvalue weighted by atomic mass is 9.70. The van der Waals surface area contributed by atoms with Gasteiger partial charge in [0.2, 0.25) is 0 Å². The van der Waals surface area contributed by atoms with E-state index in [-0.39, 0.29) is 5.54 Å². The highest BCUT2D eigenvalue weighted by Gasteiger charge is 2.33. The normalized spacial score (nSPS) is 35.2. The molecule has 2 atom stereocenters. The molecule has 1 aliphatic rings. The summed E-state index contributed by atoms with van der Waals surface area (Å²) in [5.74, 6) is 1.67. The van der Waals surface area contributed by atoms with Gasteiger partial charge in [0, 0.05) is 5.54 Å². The molecule has 0 saturated heterocycles. The standard InChI is InChI=1S/C15H31N/c1-4-5-6-7-8-9-15(16)11-13(2)10-14(3)12-15/h13-14H,4-12,16H2,1-3H3. The van der Waals surface area contributed by atoms with Crippen LogP contribution in [0.4, 0.5) is 0 Å². The minimum atomic E-state index is 0.170. The van der Waals surface area contributed by atoms with E-state index < -0.39 is 0 Å². The Morgan fingerprint density at radius 2 is 1.56 bits per heavy atom. The predicted octanol–water partition coefficient (Wildman–Crippen LogP) is 4.50. The summed E-state index contributed by atoms with van der Waals surface area (Å²) in [5, 5.41) is 0. The SMILES string of the molecule is CCCCCCCC1(N)CC(C)CC(C)C1. The third kappa shape index (κ3) is 4.86. The van der Waals surface area contributed by atoms with Crippen molar-refractivity contribution in [1.29, 1.82) is 0 Å². The summed E-state index contributed by atoms with van der Waals surface area (Å²) >= 11 is 0. The second-order valence-electron chi connectivity index (χ2n) is 6.38. The van der Waals surface area contributed by atoms with E-state index >= 15 is 0 Å². The fourth-order valence-electron chi connectivity index (χ4n) is 3.61. The van der Waals surface area contributed by atoms with E-state index in [1.54, 1.807) is 0 Å². The minimum Gasteiger partial charge on any atom is -0.325 e. The van der Waals surface area contributed by atoms with Gasteiger partial charge in [0.25, 0.3) is 0 Å². The van der Waals surface area contributed by atoms with Gasteiger partial charge in [-0.3, -0.25) is 0 Å². The van der Waals surface area contributed by atoms with Crippen molar-refractivity contribution >= 4 is 0 Å². The summed E-state index contributed by atoms with van der Waals surface area (Å²) in [4.78, 5) is 0. The fourth-order valence-corrected chi connectivity index (χ4v) is 3.61. The van der Waals surface area contributed by atoms with E-state index in [0.717, 1.165) is 11.8 Å². The molecule has 1 nitrogen and oxygen atoms in total. The Balaban J connectivity index is 2.22. The van der Waals surface area contributed by atoms with Crippen molar-refractivity contribution in [3.8, 4) is 0 Å². The second-order valence-corrected chi connectivity index (χ2v) is 6.38. The Morgan fingerprint density at radius 1 is 1.00 bits per heavy atom. The first-order chi connectivity index (χ1) is 7.56. The van der Waals surface area contributed by atoms with Crippen molar-refractivity contribution < 1.29 is 0 Å². The van der Waals surface area contributed by atoms with Crippen LogP contribution in [0.1, 0.15) is 78.6 Å². The maximum atomic E-state index is 6.55. The number of unbranched alkanes of at least 4 members (excludes halogenated alkanes) is 4. The van der Waals surface area contributed by atoms with Crippen LogP contribution in [0.15, 0.2) is 0 Å². The molecular formula is C15H31N. The quantitative estimate of drug-likeness (QED) is 0.662. The Kier molecular flexibility index (Phi) is 5.82. The topological polar surface area (TPSA) is 26.0 Å². The van der Waals surface area contributed by atoms with E-state index in [9.17, 15) is 0 Å². The molecule has 1 fully saturated rings. The monoisotopic (exact) mass is 225 g/mol. The maximum Gasteiger partial charge on any atom is 0.0159 e. The van der Waals surface area contributed by atoms with Crippen molar-refractivity contribution in [3.63, 3.8) is 0 Å². The van der Waals surface area contributed by atoms with Crippen LogP contribution in [0.2, 0.25) is 0 Å². The zero-order valence-corrected chi connectivity index (χ0v) is 11.6. The first kappa shape index (κ1) is 14.0. The van der Waals surface area contributed by atoms with Crippen LogP contribution in [0.25, 0.3) is 0 Å². The largest absolute Gasteiger partial charge is 0.325 e. The van der Waals surface area contributed by atoms with Crippen LogP contribution in [-0.2, 0) is 0 Å². The van der Waals surface area contributed by atoms with Crippen LogP contribution < -0.4 is 5.73 Å². The van der Waals surface area contributed by atoms with Gasteiger partial charge in [0.15, 0.2) is 0 Å². The van der Waals surface area contributed by atoms with E-state index in [1.165, 1.54) is 57.8 Å². The molecule has 0 bridgehead atoms. The highest BCUT2D eigenvalue weighted by Crippen LogP contribution is 2.37. The number of hydrogen-bond acceptors (Lipinski definition) is 1. The number of hydrogen-bond donors (Lipinski definition) is 1. The Bertz CT molecular complexity index is 178. The van der Waals surface area contributed by atoms with Crippen LogP contribution >= 0.6 is 0 Å². The third-order valence-electron chi connectivity index (χ3n) is 4.09. The van der Waals surface area contributed by atoms with Crippen LogP contribution in [0.5, 0.6) is 0 Å². The molecule has 16 heavy (non-hydrogen) atoms. The number of rotatable bonds is 6. The summed E-state index contributed by atoms with van der Waals surface area (Å²) in [6.07, 6.45) is 12.0. The Labute approximate surface area is 102 Å². The lowest BCUT2D eigenvalue weighted by Gasteiger charge is -2.40. The molecule has 1 heteroatoms. The van der Waals surface area contributed by atoms with E-state index in [4.69, 9.17) is 5.73 Å². The van der Waals surface area contributed by atoms with Crippen molar-refractivity contribution in [2.45, 2.75) is 84.1 Å².